The lowest BCUT2D eigenvalue weighted by molar-refractivity contribution is 0.369. The van der Waals surface area contributed by atoms with Gasteiger partial charge >= 0.3 is 0 Å². The highest BCUT2D eigenvalue weighted by Crippen LogP contribution is 2.34. The lowest BCUT2D eigenvalue weighted by atomic mass is 10.1. The predicted molar refractivity (Wildman–Crippen MR) is 113 cm³/mol. The number of methoxy groups -OCH3 is 3. The summed E-state index contributed by atoms with van der Waals surface area (Å²) in [6, 6.07) is 7.91. The zero-order chi connectivity index (χ0) is 20.5. The molecule has 2 aromatic rings. The third-order valence-electron chi connectivity index (χ3n) is 4.59. The Hall–Kier alpha value is -2.83. The van der Waals surface area contributed by atoms with Crippen molar-refractivity contribution < 1.29 is 14.2 Å². The van der Waals surface area contributed by atoms with E-state index in [9.17, 15) is 0 Å². The first kappa shape index (κ1) is 21.5. The maximum Gasteiger partial charge on any atom is 0.194 e. The van der Waals surface area contributed by atoms with Gasteiger partial charge in [-0.3, -0.25) is 4.99 Å². The molecule has 0 saturated heterocycles. The molecule has 0 aliphatic carbocycles. The van der Waals surface area contributed by atoms with E-state index in [-0.39, 0.29) is 0 Å². The number of nitrogens with one attached hydrogen (secondary N) is 1. The number of nitrogens with zero attached hydrogens (tertiary/aromatic N) is 3. The molecule has 0 unspecified atom stereocenters. The van der Waals surface area contributed by atoms with Crippen LogP contribution in [0.5, 0.6) is 17.2 Å². The molecule has 1 N–H and O–H groups in total. The number of rotatable bonds is 9. The number of ether oxygens (including phenoxy) is 3. The van der Waals surface area contributed by atoms with Crippen LogP contribution in [0.3, 0.4) is 0 Å². The fourth-order valence-electron chi connectivity index (χ4n) is 3.05. The molecule has 1 aromatic heterocycles. The van der Waals surface area contributed by atoms with Gasteiger partial charge in [-0.25, -0.2) is 0 Å². The van der Waals surface area contributed by atoms with Crippen molar-refractivity contribution in [3.63, 3.8) is 0 Å². The van der Waals surface area contributed by atoms with Crippen LogP contribution in [0, 0.1) is 0 Å². The van der Waals surface area contributed by atoms with Crippen LogP contribution in [0.4, 0.5) is 0 Å². The third kappa shape index (κ3) is 5.34. The van der Waals surface area contributed by atoms with E-state index in [0.29, 0.717) is 18.7 Å². The summed E-state index contributed by atoms with van der Waals surface area (Å²) in [7, 11) is 9.03. The molecule has 7 nitrogen and oxygen atoms in total. The van der Waals surface area contributed by atoms with Crippen molar-refractivity contribution in [1.82, 2.24) is 14.8 Å². The van der Waals surface area contributed by atoms with E-state index in [0.717, 1.165) is 36.1 Å². The van der Waals surface area contributed by atoms with Gasteiger partial charge in [-0.1, -0.05) is 0 Å². The van der Waals surface area contributed by atoms with Crippen molar-refractivity contribution >= 4 is 5.96 Å². The van der Waals surface area contributed by atoms with E-state index in [1.807, 2.05) is 19.2 Å². The Balaban J connectivity index is 2.14. The number of hydrogen-bond acceptors (Lipinski definition) is 4. The number of benzene rings is 1. The summed E-state index contributed by atoms with van der Waals surface area (Å²) in [5, 5.41) is 3.36. The molecular weight excluding hydrogens is 356 g/mol. The second-order valence-corrected chi connectivity index (χ2v) is 6.46. The maximum atomic E-state index is 5.53. The van der Waals surface area contributed by atoms with Crippen molar-refractivity contribution in [2.45, 2.75) is 19.9 Å². The first-order valence-electron chi connectivity index (χ1n) is 9.42. The maximum absolute atomic E-state index is 5.53. The Morgan fingerprint density at radius 3 is 2.32 bits per heavy atom. The number of aromatic nitrogens is 1. The quantitative estimate of drug-likeness (QED) is 0.529. The summed E-state index contributed by atoms with van der Waals surface area (Å²) >= 11 is 0. The van der Waals surface area contributed by atoms with Crippen LogP contribution in [-0.4, -0.2) is 56.9 Å². The second-order valence-electron chi connectivity index (χ2n) is 6.46. The van der Waals surface area contributed by atoms with Crippen LogP contribution in [-0.2, 0) is 20.0 Å². The highest BCUT2D eigenvalue weighted by Gasteiger charge is 2.14. The zero-order valence-electron chi connectivity index (χ0n) is 17.8. The van der Waals surface area contributed by atoms with Gasteiger partial charge in [0, 0.05) is 56.8 Å². The van der Waals surface area contributed by atoms with Gasteiger partial charge in [-0.15, -0.1) is 0 Å². The molecule has 154 valence electrons. The van der Waals surface area contributed by atoms with Crippen molar-refractivity contribution in [3.05, 3.63) is 41.7 Å². The van der Waals surface area contributed by atoms with E-state index in [1.165, 1.54) is 5.69 Å². The van der Waals surface area contributed by atoms with Crippen LogP contribution in [0.1, 0.15) is 18.2 Å². The van der Waals surface area contributed by atoms with Gasteiger partial charge in [-0.05, 0) is 25.5 Å². The Kier molecular flexibility index (Phi) is 8.04. The van der Waals surface area contributed by atoms with Gasteiger partial charge in [0.05, 0.1) is 27.9 Å². The molecule has 0 spiro atoms. The largest absolute Gasteiger partial charge is 0.496 e. The first-order chi connectivity index (χ1) is 13.5. The smallest absolute Gasteiger partial charge is 0.194 e. The highest BCUT2D eigenvalue weighted by atomic mass is 16.5. The SMILES string of the molecule is CCNC(=NCCc1c(OC)cc(OC)cc1OC)N(C)Cc1cccn1C. The summed E-state index contributed by atoms with van der Waals surface area (Å²) in [6.45, 7) is 4.27. The normalized spacial score (nSPS) is 11.3. The fourth-order valence-corrected chi connectivity index (χ4v) is 3.05. The minimum atomic E-state index is 0.610. The third-order valence-corrected chi connectivity index (χ3v) is 4.59. The molecule has 1 aromatic carbocycles. The predicted octanol–water partition coefficient (Wildman–Crippen LogP) is 2.69. The molecule has 1 heterocycles. The van der Waals surface area contributed by atoms with Crippen LogP contribution in [0.25, 0.3) is 0 Å². The Morgan fingerprint density at radius 1 is 1.14 bits per heavy atom. The van der Waals surface area contributed by atoms with Gasteiger partial charge in [0.25, 0.3) is 0 Å². The van der Waals surface area contributed by atoms with Gasteiger partial charge in [-0.2, -0.15) is 0 Å². The number of aliphatic imine (C=N–C) groups is 1. The molecule has 2 rings (SSSR count). The average molecular weight is 389 g/mol. The van der Waals surface area contributed by atoms with Crippen molar-refractivity contribution in [3.8, 4) is 17.2 Å². The zero-order valence-corrected chi connectivity index (χ0v) is 17.8. The highest BCUT2D eigenvalue weighted by molar-refractivity contribution is 5.79. The van der Waals surface area contributed by atoms with Crippen LogP contribution in [0.15, 0.2) is 35.5 Å². The van der Waals surface area contributed by atoms with Crippen LogP contribution >= 0.6 is 0 Å². The molecule has 7 heteroatoms. The van der Waals surface area contributed by atoms with E-state index >= 15 is 0 Å². The molecule has 0 saturated carbocycles. The van der Waals surface area contributed by atoms with Crippen molar-refractivity contribution in [2.75, 3.05) is 41.5 Å². The molecule has 0 radical (unpaired) electrons. The number of hydrogen-bond donors (Lipinski definition) is 1. The Morgan fingerprint density at radius 2 is 1.82 bits per heavy atom. The topological polar surface area (TPSA) is 60.3 Å². The van der Waals surface area contributed by atoms with E-state index in [4.69, 9.17) is 19.2 Å². The fraction of sp³-hybridized carbons (Fsp3) is 0.476. The van der Waals surface area contributed by atoms with E-state index in [1.54, 1.807) is 21.3 Å². The molecule has 28 heavy (non-hydrogen) atoms. The Bertz CT molecular complexity index is 761. The molecule has 0 bridgehead atoms. The van der Waals surface area contributed by atoms with Crippen LogP contribution in [0.2, 0.25) is 0 Å². The molecular formula is C21H32N4O3. The van der Waals surface area contributed by atoms with Crippen molar-refractivity contribution in [2.24, 2.45) is 12.0 Å². The van der Waals surface area contributed by atoms with Crippen LogP contribution < -0.4 is 19.5 Å². The molecule has 0 fully saturated rings. The minimum absolute atomic E-state index is 0.610. The van der Waals surface area contributed by atoms with Gasteiger partial charge in [0.15, 0.2) is 5.96 Å². The summed E-state index contributed by atoms with van der Waals surface area (Å²) in [6.07, 6.45) is 2.75. The van der Waals surface area contributed by atoms with E-state index < -0.39 is 0 Å². The Labute approximate surface area is 167 Å². The molecule has 0 aliphatic heterocycles. The molecule has 0 atom stereocenters. The van der Waals surface area contributed by atoms with Gasteiger partial charge < -0.3 is 29.0 Å². The monoisotopic (exact) mass is 388 g/mol. The van der Waals surface area contributed by atoms with Gasteiger partial charge in [0.1, 0.15) is 17.2 Å². The summed E-state index contributed by atoms with van der Waals surface area (Å²) < 4.78 is 18.5. The second kappa shape index (κ2) is 10.5. The summed E-state index contributed by atoms with van der Waals surface area (Å²) in [5.74, 6) is 3.06. The first-order valence-corrected chi connectivity index (χ1v) is 9.42. The summed E-state index contributed by atoms with van der Waals surface area (Å²) in [5.41, 5.74) is 2.21. The molecule has 0 aliphatic rings. The van der Waals surface area contributed by atoms with E-state index in [2.05, 4.69) is 47.1 Å². The lowest BCUT2D eigenvalue weighted by Crippen LogP contribution is -2.39. The molecule has 0 amide bonds. The minimum Gasteiger partial charge on any atom is -0.496 e. The number of aryl methyl sites for hydroxylation is 1. The van der Waals surface area contributed by atoms with Crippen molar-refractivity contribution in [1.29, 1.82) is 0 Å². The number of guanidine groups is 1. The summed E-state index contributed by atoms with van der Waals surface area (Å²) in [4.78, 5) is 6.92. The average Bonchev–Trinajstić information content (AvgIpc) is 3.11. The standard InChI is InChI=1S/C21H32N4O3/c1-7-22-21(25(3)15-16-9-8-12-24(16)2)23-11-10-18-19(27-5)13-17(26-4)14-20(18)28-6/h8-9,12-14H,7,10-11,15H2,1-6H3,(H,22,23). The lowest BCUT2D eigenvalue weighted by Gasteiger charge is -2.22. The van der Waals surface area contributed by atoms with Gasteiger partial charge in [0.2, 0.25) is 0 Å².